The van der Waals surface area contributed by atoms with Gasteiger partial charge in [-0.05, 0) is 91.4 Å². The van der Waals surface area contributed by atoms with Gasteiger partial charge < -0.3 is 14.2 Å². The van der Waals surface area contributed by atoms with Gasteiger partial charge in [0.1, 0.15) is 11.6 Å². The second kappa shape index (κ2) is 13.1. The molecule has 11 nitrogen and oxygen atoms in total. The van der Waals surface area contributed by atoms with Crippen molar-refractivity contribution < 1.29 is 22.7 Å². The first-order valence-electron chi connectivity index (χ1n) is 15.8. The van der Waals surface area contributed by atoms with Crippen LogP contribution in [0, 0.1) is 6.92 Å². The number of ether oxygens (including phenoxy) is 1. The maximum Gasteiger partial charge on any atom is 0.411 e. The number of piperazine rings is 1. The van der Waals surface area contributed by atoms with Crippen LogP contribution in [0.2, 0.25) is 5.02 Å². The Kier molecular flexibility index (Phi) is 9.47. The van der Waals surface area contributed by atoms with E-state index in [2.05, 4.69) is 31.9 Å². The van der Waals surface area contributed by atoms with Gasteiger partial charge in [0.2, 0.25) is 5.91 Å². The average molecular weight is 748 g/mol. The molecule has 6 rings (SSSR count). The molecule has 1 aromatic carbocycles. The molecule has 4 heterocycles. The number of aryl methyl sites for hydroxylation is 3. The molecule has 14 heteroatoms. The van der Waals surface area contributed by atoms with Gasteiger partial charge in [0.15, 0.2) is 9.84 Å². The maximum atomic E-state index is 14.5. The molecule has 1 unspecified atom stereocenters. The fourth-order valence-corrected chi connectivity index (χ4v) is 8.98. The van der Waals surface area contributed by atoms with E-state index in [1.165, 1.54) is 4.90 Å². The van der Waals surface area contributed by atoms with E-state index in [0.717, 1.165) is 45.4 Å². The molecule has 0 bridgehead atoms. The quantitative estimate of drug-likeness (QED) is 0.385. The van der Waals surface area contributed by atoms with Crippen molar-refractivity contribution in [2.24, 2.45) is 0 Å². The third-order valence-corrected chi connectivity index (χ3v) is 11.9. The SMILES string of the molecule is Cc1cncn1C[C@@H]1CN(C(=O)[C@H]2CN(C3c4ccc(Cl)cc4CCc4cc(Br)cnc43)CCN2C(=O)OC(C)(C)C)CCS1(=O)=O. The number of rotatable bonds is 4. The highest BCUT2D eigenvalue weighted by Crippen LogP contribution is 2.39. The molecule has 3 atom stereocenters. The van der Waals surface area contributed by atoms with Crippen molar-refractivity contribution in [3.63, 3.8) is 0 Å². The molecule has 2 fully saturated rings. The predicted molar refractivity (Wildman–Crippen MR) is 182 cm³/mol. The predicted octanol–water partition coefficient (Wildman–Crippen LogP) is 4.44. The molecule has 0 spiro atoms. The molecule has 3 aromatic rings. The van der Waals surface area contributed by atoms with Gasteiger partial charge in [0.05, 0.1) is 29.1 Å². The van der Waals surface area contributed by atoms with Gasteiger partial charge in [0.25, 0.3) is 0 Å². The number of pyridine rings is 1. The fourth-order valence-electron chi connectivity index (χ4n) is 6.81. The zero-order valence-electron chi connectivity index (χ0n) is 27.0. The highest BCUT2D eigenvalue weighted by atomic mass is 79.9. The van der Waals surface area contributed by atoms with E-state index in [4.69, 9.17) is 21.3 Å². The molecule has 47 heavy (non-hydrogen) atoms. The van der Waals surface area contributed by atoms with Crippen LogP contribution in [0.5, 0.6) is 0 Å². The zero-order chi connectivity index (χ0) is 33.7. The van der Waals surface area contributed by atoms with Gasteiger partial charge in [-0.1, -0.05) is 17.7 Å². The van der Waals surface area contributed by atoms with E-state index >= 15 is 0 Å². The minimum absolute atomic E-state index is 0.0284. The van der Waals surface area contributed by atoms with E-state index in [9.17, 15) is 18.0 Å². The number of fused-ring (bicyclic) bond motifs is 2. The standard InChI is InChI=1S/C33H40BrClN6O5S/c1-21-15-36-20-40(21)18-26-17-39(11-12-47(26,44)45)31(42)28-19-38(9-10-41(28)32(43)46-33(2,3)4)30-27-8-7-25(35)14-22(27)5-6-23-13-24(34)16-37-29(23)30/h7-8,13-16,20,26,28,30H,5-6,9-12,17-19H2,1-4H3/t26-,28+,30?/m0/s1. The minimum Gasteiger partial charge on any atom is -0.444 e. The topological polar surface area (TPSA) is 118 Å². The molecule has 0 N–H and O–H groups in total. The van der Waals surface area contributed by atoms with E-state index in [0.29, 0.717) is 11.6 Å². The highest BCUT2D eigenvalue weighted by Gasteiger charge is 2.45. The molecule has 2 amide bonds. The summed E-state index contributed by atoms with van der Waals surface area (Å²) in [6.45, 7) is 8.49. The van der Waals surface area contributed by atoms with Crippen molar-refractivity contribution in [1.82, 2.24) is 29.2 Å². The van der Waals surface area contributed by atoms with E-state index in [-0.39, 0.29) is 50.4 Å². The molecule has 3 aliphatic rings. The molecule has 0 radical (unpaired) electrons. The van der Waals surface area contributed by atoms with Crippen LogP contribution in [0.25, 0.3) is 0 Å². The number of nitrogens with zero attached hydrogens (tertiary/aromatic N) is 6. The third-order valence-electron chi connectivity index (χ3n) is 9.19. The lowest BCUT2D eigenvalue weighted by Gasteiger charge is -2.46. The van der Waals surface area contributed by atoms with Crippen molar-refractivity contribution in [2.75, 3.05) is 38.5 Å². The summed E-state index contributed by atoms with van der Waals surface area (Å²) < 4.78 is 34.8. The molecule has 252 valence electrons. The second-order valence-corrected chi connectivity index (χ2v) is 17.3. The molecule has 2 aliphatic heterocycles. The summed E-state index contributed by atoms with van der Waals surface area (Å²) in [4.78, 5) is 42.5. The van der Waals surface area contributed by atoms with Gasteiger partial charge in [-0.25, -0.2) is 18.2 Å². The average Bonchev–Trinajstić information content (AvgIpc) is 3.33. The van der Waals surface area contributed by atoms with E-state index < -0.39 is 32.8 Å². The first-order valence-corrected chi connectivity index (χ1v) is 18.7. The molecular weight excluding hydrogens is 708 g/mol. The lowest BCUT2D eigenvalue weighted by molar-refractivity contribution is -0.139. The number of carbonyl (C=O) groups excluding carboxylic acids is 2. The maximum absolute atomic E-state index is 14.5. The zero-order valence-corrected chi connectivity index (χ0v) is 30.2. The number of hydrogen-bond acceptors (Lipinski definition) is 8. The number of imidazole rings is 1. The number of carbonyl (C=O) groups is 2. The second-order valence-electron chi connectivity index (χ2n) is 13.6. The first-order chi connectivity index (χ1) is 22.2. The number of halogens is 2. The summed E-state index contributed by atoms with van der Waals surface area (Å²) in [5.41, 5.74) is 4.28. The summed E-state index contributed by atoms with van der Waals surface area (Å²) in [5, 5.41) is -0.137. The molecule has 0 saturated carbocycles. The lowest BCUT2D eigenvalue weighted by Crippen LogP contribution is -2.64. The number of benzene rings is 1. The first kappa shape index (κ1) is 33.9. The lowest BCUT2D eigenvalue weighted by atomic mass is 9.95. The molecule has 1 aliphatic carbocycles. The number of sulfone groups is 1. The minimum atomic E-state index is -3.45. The van der Waals surface area contributed by atoms with Crippen molar-refractivity contribution in [1.29, 1.82) is 0 Å². The number of amides is 2. The van der Waals surface area contributed by atoms with Crippen LogP contribution in [-0.4, -0.2) is 105 Å². The van der Waals surface area contributed by atoms with E-state index in [1.54, 1.807) is 49.0 Å². The Labute approximate surface area is 289 Å². The number of aromatic nitrogens is 3. The van der Waals surface area contributed by atoms with Gasteiger partial charge in [-0.3, -0.25) is 19.6 Å². The van der Waals surface area contributed by atoms with Gasteiger partial charge in [-0.15, -0.1) is 0 Å². The van der Waals surface area contributed by atoms with Crippen LogP contribution in [0.15, 0.2) is 47.5 Å². The van der Waals surface area contributed by atoms with Crippen LogP contribution in [0.1, 0.15) is 54.9 Å². The summed E-state index contributed by atoms with van der Waals surface area (Å²) in [6.07, 6.45) is 6.09. The fraction of sp³-hybridized carbons (Fsp3) is 0.515. The summed E-state index contributed by atoms with van der Waals surface area (Å²) >= 11 is 10.0. The van der Waals surface area contributed by atoms with Gasteiger partial charge >= 0.3 is 6.09 Å². The smallest absolute Gasteiger partial charge is 0.411 e. The van der Waals surface area contributed by atoms with Crippen LogP contribution in [0.3, 0.4) is 0 Å². The molecule has 2 aromatic heterocycles. The Morgan fingerprint density at radius 3 is 2.55 bits per heavy atom. The van der Waals surface area contributed by atoms with Crippen LogP contribution in [-0.2, 0) is 38.8 Å². The van der Waals surface area contributed by atoms with Crippen molar-refractivity contribution >= 4 is 49.4 Å². The van der Waals surface area contributed by atoms with Gasteiger partial charge in [0, 0.05) is 66.9 Å². The van der Waals surface area contributed by atoms with Crippen LogP contribution in [0.4, 0.5) is 4.79 Å². The Bertz CT molecular complexity index is 1740. The normalized spacial score (nSPS) is 23.1. The van der Waals surface area contributed by atoms with Gasteiger partial charge in [-0.2, -0.15) is 0 Å². The Morgan fingerprint density at radius 1 is 1.06 bits per heavy atom. The Hall–Kier alpha value is -3.00. The number of hydrogen-bond donors (Lipinski definition) is 0. The van der Waals surface area contributed by atoms with Crippen molar-refractivity contribution in [3.8, 4) is 0 Å². The Balaban J connectivity index is 1.35. The van der Waals surface area contributed by atoms with Crippen LogP contribution < -0.4 is 0 Å². The summed E-state index contributed by atoms with van der Waals surface area (Å²) in [7, 11) is -3.45. The summed E-state index contributed by atoms with van der Waals surface area (Å²) in [5.74, 6) is -0.445. The largest absolute Gasteiger partial charge is 0.444 e. The van der Waals surface area contributed by atoms with Crippen molar-refractivity contribution in [3.05, 3.63) is 80.6 Å². The third kappa shape index (κ3) is 7.23. The molecule has 2 saturated heterocycles. The molecular formula is C33H40BrClN6O5S. The summed E-state index contributed by atoms with van der Waals surface area (Å²) in [6, 6.07) is 6.85. The van der Waals surface area contributed by atoms with E-state index in [1.807, 2.05) is 25.1 Å². The Morgan fingerprint density at radius 2 is 1.83 bits per heavy atom. The highest BCUT2D eigenvalue weighted by molar-refractivity contribution is 9.10. The van der Waals surface area contributed by atoms with Crippen LogP contribution >= 0.6 is 27.5 Å². The van der Waals surface area contributed by atoms with Crippen molar-refractivity contribution in [2.45, 2.75) is 70.0 Å². The monoisotopic (exact) mass is 746 g/mol.